The number of nitrogens with zero attached hydrogens (tertiary/aromatic N) is 3. The van der Waals surface area contributed by atoms with Gasteiger partial charge in [0.05, 0.1) is 5.92 Å². The fraction of sp³-hybridized carbons (Fsp3) is 0.409. The van der Waals surface area contributed by atoms with Gasteiger partial charge in [0, 0.05) is 57.5 Å². The number of piperidine rings is 1. The molecule has 3 rings (SSSR count). The van der Waals surface area contributed by atoms with Crippen LogP contribution in [0.2, 0.25) is 0 Å². The van der Waals surface area contributed by atoms with Crippen LogP contribution in [0, 0.1) is 5.92 Å². The molecule has 0 bridgehead atoms. The average Bonchev–Trinajstić information content (AvgIpc) is 2.78. The summed E-state index contributed by atoms with van der Waals surface area (Å²) in [6.07, 6.45) is 1.63. The Labute approximate surface area is 186 Å². The van der Waals surface area contributed by atoms with Gasteiger partial charge in [-0.3, -0.25) is 19.2 Å². The van der Waals surface area contributed by atoms with Gasteiger partial charge in [0.1, 0.15) is 5.82 Å². The SMILES string of the molecule is CC(=O)Nc1ccc(C(=O)NCCNC(=O)C2CCCN(c3ccc(=O)n(C)n3)C2)cc1. The van der Waals surface area contributed by atoms with E-state index in [0.29, 0.717) is 36.7 Å². The molecule has 0 saturated carbocycles. The van der Waals surface area contributed by atoms with Crippen LogP contribution >= 0.6 is 0 Å². The topological polar surface area (TPSA) is 125 Å². The van der Waals surface area contributed by atoms with Gasteiger partial charge in [0.2, 0.25) is 11.8 Å². The van der Waals surface area contributed by atoms with Crippen molar-refractivity contribution in [3.63, 3.8) is 0 Å². The quantitative estimate of drug-likeness (QED) is 0.539. The molecule has 1 unspecified atom stereocenters. The largest absolute Gasteiger partial charge is 0.354 e. The molecule has 1 aliphatic rings. The number of amides is 3. The Balaban J connectivity index is 1.43. The molecule has 0 spiro atoms. The fourth-order valence-electron chi connectivity index (χ4n) is 3.57. The van der Waals surface area contributed by atoms with E-state index in [1.165, 1.54) is 17.7 Å². The highest BCUT2D eigenvalue weighted by Crippen LogP contribution is 2.21. The molecule has 1 aromatic carbocycles. The van der Waals surface area contributed by atoms with Crippen molar-refractivity contribution in [2.75, 3.05) is 36.4 Å². The molecule has 1 aliphatic heterocycles. The zero-order valence-corrected chi connectivity index (χ0v) is 18.3. The van der Waals surface area contributed by atoms with E-state index in [1.54, 1.807) is 37.4 Å². The van der Waals surface area contributed by atoms with Crippen LogP contribution in [-0.2, 0) is 16.6 Å². The number of aryl methyl sites for hydroxylation is 1. The number of aromatic nitrogens is 2. The second-order valence-corrected chi connectivity index (χ2v) is 7.74. The lowest BCUT2D eigenvalue weighted by Crippen LogP contribution is -2.45. The molecule has 0 aliphatic carbocycles. The van der Waals surface area contributed by atoms with Gasteiger partial charge in [-0.05, 0) is 43.2 Å². The van der Waals surface area contributed by atoms with Crippen LogP contribution < -0.4 is 26.4 Å². The zero-order chi connectivity index (χ0) is 23.1. The molecule has 2 aromatic rings. The molecule has 170 valence electrons. The monoisotopic (exact) mass is 440 g/mol. The Morgan fingerprint density at radius 3 is 2.47 bits per heavy atom. The van der Waals surface area contributed by atoms with Gasteiger partial charge in [0.25, 0.3) is 11.5 Å². The molecule has 1 aromatic heterocycles. The second-order valence-electron chi connectivity index (χ2n) is 7.74. The number of carbonyl (C=O) groups is 3. The lowest BCUT2D eigenvalue weighted by molar-refractivity contribution is -0.125. The molecule has 10 heteroatoms. The van der Waals surface area contributed by atoms with Gasteiger partial charge in [0.15, 0.2) is 0 Å². The molecule has 10 nitrogen and oxygen atoms in total. The van der Waals surface area contributed by atoms with Crippen LogP contribution in [0.3, 0.4) is 0 Å². The predicted molar refractivity (Wildman–Crippen MR) is 121 cm³/mol. The van der Waals surface area contributed by atoms with Crippen molar-refractivity contribution in [1.29, 1.82) is 0 Å². The van der Waals surface area contributed by atoms with Crippen LogP contribution in [0.15, 0.2) is 41.2 Å². The lowest BCUT2D eigenvalue weighted by Gasteiger charge is -2.32. The van der Waals surface area contributed by atoms with E-state index in [4.69, 9.17) is 0 Å². The summed E-state index contributed by atoms with van der Waals surface area (Å²) < 4.78 is 1.29. The maximum Gasteiger partial charge on any atom is 0.266 e. The van der Waals surface area contributed by atoms with E-state index in [9.17, 15) is 19.2 Å². The molecule has 3 N–H and O–H groups in total. The Bertz CT molecular complexity index is 1030. The molecule has 1 fully saturated rings. The van der Waals surface area contributed by atoms with Gasteiger partial charge in [-0.2, -0.15) is 5.10 Å². The van der Waals surface area contributed by atoms with E-state index in [1.807, 2.05) is 4.90 Å². The van der Waals surface area contributed by atoms with Crippen molar-refractivity contribution in [3.05, 3.63) is 52.3 Å². The summed E-state index contributed by atoms with van der Waals surface area (Å²) in [6, 6.07) is 9.73. The standard InChI is InChI=1S/C22H28N6O4/c1-15(29)25-18-7-5-16(6-8-18)21(31)23-11-12-24-22(32)17-4-3-13-28(14-17)19-9-10-20(30)27(2)26-19/h5-10,17H,3-4,11-14H2,1-2H3,(H,23,31)(H,24,32)(H,25,29). The normalized spacial score (nSPS) is 15.7. The number of nitrogens with one attached hydrogen (secondary N) is 3. The Morgan fingerprint density at radius 1 is 1.06 bits per heavy atom. The number of hydrogen-bond donors (Lipinski definition) is 3. The fourth-order valence-corrected chi connectivity index (χ4v) is 3.57. The number of carbonyl (C=O) groups excluding carboxylic acids is 3. The molecule has 1 atom stereocenters. The van der Waals surface area contributed by atoms with Crippen LogP contribution in [0.25, 0.3) is 0 Å². The summed E-state index contributed by atoms with van der Waals surface area (Å²) in [5.41, 5.74) is 0.916. The zero-order valence-electron chi connectivity index (χ0n) is 18.3. The maximum atomic E-state index is 12.6. The van der Waals surface area contributed by atoms with Crippen molar-refractivity contribution in [2.45, 2.75) is 19.8 Å². The number of benzene rings is 1. The Kier molecular flexibility index (Phi) is 7.58. The van der Waals surface area contributed by atoms with E-state index in [2.05, 4.69) is 21.0 Å². The van der Waals surface area contributed by atoms with Crippen molar-refractivity contribution < 1.29 is 14.4 Å². The summed E-state index contributed by atoms with van der Waals surface area (Å²) >= 11 is 0. The van der Waals surface area contributed by atoms with Crippen molar-refractivity contribution >= 4 is 29.2 Å². The van der Waals surface area contributed by atoms with Gasteiger partial charge >= 0.3 is 0 Å². The highest BCUT2D eigenvalue weighted by Gasteiger charge is 2.26. The molecule has 2 heterocycles. The first-order valence-electron chi connectivity index (χ1n) is 10.6. The number of hydrogen-bond acceptors (Lipinski definition) is 6. The molecule has 3 amide bonds. The average molecular weight is 441 g/mol. The number of anilines is 2. The molecule has 1 saturated heterocycles. The summed E-state index contributed by atoms with van der Waals surface area (Å²) in [4.78, 5) is 49.4. The summed E-state index contributed by atoms with van der Waals surface area (Å²) in [5, 5.41) is 12.6. The Morgan fingerprint density at radius 2 is 1.78 bits per heavy atom. The third-order valence-electron chi connectivity index (χ3n) is 5.24. The minimum atomic E-state index is -0.252. The first-order chi connectivity index (χ1) is 15.3. The van der Waals surface area contributed by atoms with E-state index >= 15 is 0 Å². The highest BCUT2D eigenvalue weighted by molar-refractivity contribution is 5.95. The van der Waals surface area contributed by atoms with Crippen LogP contribution in [0.1, 0.15) is 30.1 Å². The first-order valence-corrected chi connectivity index (χ1v) is 10.6. The minimum Gasteiger partial charge on any atom is -0.354 e. The van der Waals surface area contributed by atoms with E-state index < -0.39 is 0 Å². The Hall–Kier alpha value is -3.69. The van der Waals surface area contributed by atoms with Crippen LogP contribution in [0.4, 0.5) is 11.5 Å². The molecular formula is C22H28N6O4. The first kappa shape index (κ1) is 23.0. The van der Waals surface area contributed by atoms with Crippen molar-refractivity contribution in [2.24, 2.45) is 13.0 Å². The predicted octanol–water partition coefficient (Wildman–Crippen LogP) is 0.501. The maximum absolute atomic E-state index is 12.6. The van der Waals surface area contributed by atoms with Gasteiger partial charge in [-0.1, -0.05) is 0 Å². The smallest absolute Gasteiger partial charge is 0.266 e. The molecule has 0 radical (unpaired) electrons. The minimum absolute atomic E-state index is 0.0616. The van der Waals surface area contributed by atoms with Gasteiger partial charge in [-0.25, -0.2) is 4.68 Å². The third-order valence-corrected chi connectivity index (χ3v) is 5.24. The van der Waals surface area contributed by atoms with Crippen molar-refractivity contribution in [1.82, 2.24) is 20.4 Å². The summed E-state index contributed by atoms with van der Waals surface area (Å²) in [6.45, 7) is 3.36. The van der Waals surface area contributed by atoms with Crippen LogP contribution in [-0.4, -0.2) is 53.7 Å². The van der Waals surface area contributed by atoms with Gasteiger partial charge in [-0.15, -0.1) is 0 Å². The van der Waals surface area contributed by atoms with E-state index in [-0.39, 0.29) is 29.2 Å². The molecule has 32 heavy (non-hydrogen) atoms. The number of rotatable bonds is 7. The highest BCUT2D eigenvalue weighted by atomic mass is 16.2. The van der Waals surface area contributed by atoms with Crippen molar-refractivity contribution in [3.8, 4) is 0 Å². The van der Waals surface area contributed by atoms with Gasteiger partial charge < -0.3 is 20.9 Å². The summed E-state index contributed by atoms with van der Waals surface area (Å²) in [5.74, 6) is 0.0116. The molecular weight excluding hydrogens is 412 g/mol. The second kappa shape index (κ2) is 10.6. The third kappa shape index (κ3) is 6.16. The lowest BCUT2D eigenvalue weighted by atomic mass is 9.97. The summed E-state index contributed by atoms with van der Waals surface area (Å²) in [7, 11) is 1.60. The van der Waals surface area contributed by atoms with E-state index in [0.717, 1.165) is 19.4 Å². The van der Waals surface area contributed by atoms with Crippen LogP contribution in [0.5, 0.6) is 0 Å².